The Morgan fingerprint density at radius 2 is 1.77 bits per heavy atom. The number of halogens is 1. The summed E-state index contributed by atoms with van der Waals surface area (Å²) in [5.41, 5.74) is 0.416. The second-order valence-electron chi connectivity index (χ2n) is 8.52. The maximum absolute atomic E-state index is 13.7. The van der Waals surface area contributed by atoms with Gasteiger partial charge < -0.3 is 19.8 Å². The van der Waals surface area contributed by atoms with Crippen molar-refractivity contribution in [3.8, 4) is 5.75 Å². The van der Waals surface area contributed by atoms with Gasteiger partial charge in [0, 0.05) is 36.3 Å². The van der Waals surface area contributed by atoms with Crippen LogP contribution in [0.3, 0.4) is 0 Å². The molecule has 1 saturated heterocycles. The van der Waals surface area contributed by atoms with Crippen LogP contribution in [-0.2, 0) is 16.0 Å². The van der Waals surface area contributed by atoms with Crippen molar-refractivity contribution in [2.24, 2.45) is 0 Å². The Bertz CT molecular complexity index is 986. The third kappa shape index (κ3) is 4.27. The SMILES string of the molecule is CC(C)(C)OC(=O)N1c2cc(O)ccc2CC12CCN(c1ccc(Br)cc1)C2=O.CO. The van der Waals surface area contributed by atoms with Crippen molar-refractivity contribution in [3.63, 3.8) is 0 Å². The Labute approximate surface area is 190 Å². The van der Waals surface area contributed by atoms with Crippen molar-refractivity contribution in [2.75, 3.05) is 23.5 Å². The number of phenols is 1. The molecule has 2 heterocycles. The Kier molecular flexibility index (Phi) is 6.34. The van der Waals surface area contributed by atoms with Crippen molar-refractivity contribution in [1.29, 1.82) is 0 Å². The molecule has 2 aliphatic rings. The number of nitrogens with zero attached hydrogens (tertiary/aromatic N) is 2. The van der Waals surface area contributed by atoms with Gasteiger partial charge in [-0.25, -0.2) is 4.79 Å². The van der Waals surface area contributed by atoms with Gasteiger partial charge in [-0.3, -0.25) is 9.69 Å². The van der Waals surface area contributed by atoms with Crippen molar-refractivity contribution in [3.05, 3.63) is 52.5 Å². The van der Waals surface area contributed by atoms with Crippen LogP contribution in [0.4, 0.5) is 16.2 Å². The van der Waals surface area contributed by atoms with E-state index in [0.717, 1.165) is 22.8 Å². The van der Waals surface area contributed by atoms with Gasteiger partial charge in [-0.1, -0.05) is 22.0 Å². The lowest BCUT2D eigenvalue weighted by Gasteiger charge is -2.35. The van der Waals surface area contributed by atoms with Crippen molar-refractivity contribution in [2.45, 2.75) is 44.8 Å². The highest BCUT2D eigenvalue weighted by atomic mass is 79.9. The molecule has 1 spiro atoms. The maximum atomic E-state index is 13.7. The lowest BCUT2D eigenvalue weighted by Crippen LogP contribution is -2.56. The lowest BCUT2D eigenvalue weighted by molar-refractivity contribution is -0.121. The van der Waals surface area contributed by atoms with Gasteiger partial charge in [-0.05, 0) is 63.1 Å². The normalized spacial score (nSPS) is 19.9. The van der Waals surface area contributed by atoms with E-state index in [1.807, 2.05) is 24.3 Å². The molecule has 1 atom stereocenters. The van der Waals surface area contributed by atoms with Crippen LogP contribution in [0.2, 0.25) is 0 Å². The van der Waals surface area contributed by atoms with E-state index in [2.05, 4.69) is 15.9 Å². The zero-order valence-corrected chi connectivity index (χ0v) is 19.6. The molecule has 2 amide bonds. The average Bonchev–Trinajstić information content (AvgIpc) is 3.20. The van der Waals surface area contributed by atoms with Crippen molar-refractivity contribution < 1.29 is 24.5 Å². The molecule has 0 bridgehead atoms. The summed E-state index contributed by atoms with van der Waals surface area (Å²) in [5, 5.41) is 17.0. The Morgan fingerprint density at radius 3 is 2.39 bits per heavy atom. The molecule has 2 aliphatic heterocycles. The largest absolute Gasteiger partial charge is 0.508 e. The zero-order chi connectivity index (χ0) is 23.0. The molecule has 2 aromatic rings. The average molecular weight is 491 g/mol. The molecule has 8 heteroatoms. The van der Waals surface area contributed by atoms with E-state index < -0.39 is 17.2 Å². The summed E-state index contributed by atoms with van der Waals surface area (Å²) in [4.78, 5) is 30.0. The fraction of sp³-hybridized carbons (Fsp3) is 0.391. The first kappa shape index (κ1) is 23.1. The van der Waals surface area contributed by atoms with Gasteiger partial charge in [-0.2, -0.15) is 0 Å². The highest BCUT2D eigenvalue weighted by Gasteiger charge is 2.58. The first-order valence-corrected chi connectivity index (χ1v) is 10.8. The smallest absolute Gasteiger partial charge is 0.415 e. The quantitative estimate of drug-likeness (QED) is 0.623. The van der Waals surface area contributed by atoms with Gasteiger partial charge >= 0.3 is 6.09 Å². The lowest BCUT2D eigenvalue weighted by atomic mass is 9.92. The number of amides is 2. The number of rotatable bonds is 1. The van der Waals surface area contributed by atoms with Gasteiger partial charge in [0.25, 0.3) is 5.91 Å². The van der Waals surface area contributed by atoms with Crippen LogP contribution in [0.15, 0.2) is 46.9 Å². The topological polar surface area (TPSA) is 90.3 Å². The number of carbonyl (C=O) groups excluding carboxylic acids is 2. The van der Waals surface area contributed by atoms with Gasteiger partial charge in [0.15, 0.2) is 0 Å². The molecule has 0 saturated carbocycles. The number of aliphatic hydroxyl groups excluding tert-OH is 1. The molecule has 1 fully saturated rings. The second-order valence-corrected chi connectivity index (χ2v) is 9.44. The summed E-state index contributed by atoms with van der Waals surface area (Å²) in [5.74, 6) is -0.0917. The van der Waals surface area contributed by atoms with Crippen molar-refractivity contribution in [1.82, 2.24) is 0 Å². The number of carbonyl (C=O) groups is 2. The summed E-state index contributed by atoms with van der Waals surface area (Å²) in [6, 6.07) is 12.4. The van der Waals surface area contributed by atoms with Crippen LogP contribution in [0.1, 0.15) is 32.8 Å². The van der Waals surface area contributed by atoms with Crippen molar-refractivity contribution >= 4 is 39.3 Å². The molecule has 166 valence electrons. The minimum Gasteiger partial charge on any atom is -0.508 e. The van der Waals surface area contributed by atoms with Gasteiger partial charge in [0.2, 0.25) is 0 Å². The molecule has 31 heavy (non-hydrogen) atoms. The predicted octanol–water partition coefficient (Wildman–Crippen LogP) is 4.24. The highest BCUT2D eigenvalue weighted by molar-refractivity contribution is 9.10. The summed E-state index contributed by atoms with van der Waals surface area (Å²) in [7, 11) is 1.00. The minimum atomic E-state index is -1.05. The molecule has 0 aromatic heterocycles. The second kappa shape index (κ2) is 8.51. The molecule has 7 nitrogen and oxygen atoms in total. The van der Waals surface area contributed by atoms with E-state index in [9.17, 15) is 14.7 Å². The Morgan fingerprint density at radius 1 is 1.13 bits per heavy atom. The number of fused-ring (bicyclic) bond motifs is 1. The Hall–Kier alpha value is -2.58. The fourth-order valence-electron chi connectivity index (χ4n) is 4.11. The van der Waals surface area contributed by atoms with E-state index >= 15 is 0 Å². The molecule has 0 radical (unpaired) electrons. The number of benzene rings is 2. The van der Waals surface area contributed by atoms with E-state index in [1.54, 1.807) is 37.8 Å². The predicted molar refractivity (Wildman–Crippen MR) is 123 cm³/mol. The summed E-state index contributed by atoms with van der Waals surface area (Å²) >= 11 is 3.42. The van der Waals surface area contributed by atoms with Crippen LogP contribution in [-0.4, -0.2) is 47.0 Å². The molecule has 2 N–H and O–H groups in total. The van der Waals surface area contributed by atoms with E-state index in [0.29, 0.717) is 25.1 Å². The number of anilines is 2. The third-order valence-corrected chi connectivity index (χ3v) is 5.86. The van der Waals surface area contributed by atoms with Gasteiger partial charge in [-0.15, -0.1) is 0 Å². The monoisotopic (exact) mass is 490 g/mol. The summed E-state index contributed by atoms with van der Waals surface area (Å²) in [6.07, 6.45) is 0.303. The van der Waals surface area contributed by atoms with E-state index in [4.69, 9.17) is 9.84 Å². The fourth-order valence-corrected chi connectivity index (χ4v) is 4.37. The first-order valence-electron chi connectivity index (χ1n) is 9.98. The molecule has 0 aliphatic carbocycles. The van der Waals surface area contributed by atoms with Crippen LogP contribution in [0.5, 0.6) is 5.75 Å². The van der Waals surface area contributed by atoms with Gasteiger partial charge in [0.1, 0.15) is 16.9 Å². The van der Waals surface area contributed by atoms with Crippen LogP contribution < -0.4 is 9.80 Å². The van der Waals surface area contributed by atoms with Crippen LogP contribution >= 0.6 is 15.9 Å². The summed E-state index contributed by atoms with van der Waals surface area (Å²) in [6.45, 7) is 5.88. The maximum Gasteiger partial charge on any atom is 0.415 e. The molecular weight excluding hydrogens is 464 g/mol. The van der Waals surface area contributed by atoms with Crippen LogP contribution in [0, 0.1) is 0 Å². The van der Waals surface area contributed by atoms with Crippen LogP contribution in [0.25, 0.3) is 0 Å². The number of phenolic OH excluding ortho intramolecular Hbond substituents is 1. The molecule has 4 rings (SSSR count). The van der Waals surface area contributed by atoms with E-state index in [1.165, 1.54) is 11.0 Å². The molecule has 2 aromatic carbocycles. The number of ether oxygens (including phenoxy) is 1. The third-order valence-electron chi connectivity index (χ3n) is 5.33. The number of hydrogen-bond donors (Lipinski definition) is 2. The van der Waals surface area contributed by atoms with E-state index in [-0.39, 0.29) is 11.7 Å². The standard InChI is InChI=1S/C22H23BrN2O4.CH4O/c1-21(2,3)29-20(28)25-18-12-17(26)9-4-14(18)13-22(25)10-11-24(19(22)27)16-7-5-15(23)6-8-16;1-2/h4-9,12,26H,10-11,13H2,1-3H3;2H,1H3. The highest BCUT2D eigenvalue weighted by Crippen LogP contribution is 2.47. The minimum absolute atomic E-state index is 0.0459. The number of aromatic hydroxyl groups is 1. The first-order chi connectivity index (χ1) is 14.6. The number of hydrogen-bond acceptors (Lipinski definition) is 5. The Balaban J connectivity index is 0.00000132. The molecule has 1 unspecified atom stereocenters. The zero-order valence-electron chi connectivity index (χ0n) is 18.1. The van der Waals surface area contributed by atoms with Gasteiger partial charge in [0.05, 0.1) is 5.69 Å². The number of aliphatic hydroxyl groups is 1. The molecular formula is C23H27BrN2O5. The summed E-state index contributed by atoms with van der Waals surface area (Å²) < 4.78 is 6.57.